The minimum atomic E-state index is -0.332. The molecular weight excluding hydrogens is 439 g/mol. The van der Waals surface area contributed by atoms with Crippen molar-refractivity contribution in [3.8, 4) is 0 Å². The fourth-order valence-corrected chi connectivity index (χ4v) is 4.29. The van der Waals surface area contributed by atoms with E-state index in [4.69, 9.17) is 4.42 Å². The third-order valence-electron chi connectivity index (χ3n) is 5.20. The van der Waals surface area contributed by atoms with E-state index < -0.39 is 0 Å². The quantitative estimate of drug-likeness (QED) is 0.260. The average Bonchev–Trinajstić information content (AvgIpc) is 3.20. The Kier molecular flexibility index (Phi) is 7.36. The Hall–Kier alpha value is -3.23. The highest BCUT2D eigenvalue weighted by molar-refractivity contribution is 7.98. The van der Waals surface area contributed by atoms with E-state index in [9.17, 15) is 9.18 Å². The molecule has 0 saturated carbocycles. The van der Waals surface area contributed by atoms with Crippen LogP contribution in [0.1, 0.15) is 21.7 Å². The Bertz CT molecular complexity index is 1230. The van der Waals surface area contributed by atoms with Crippen LogP contribution in [0.5, 0.6) is 0 Å². The lowest BCUT2D eigenvalue weighted by Gasteiger charge is -2.24. The minimum absolute atomic E-state index is 0.158. The van der Waals surface area contributed by atoms with E-state index in [-0.39, 0.29) is 24.0 Å². The van der Waals surface area contributed by atoms with Crippen LogP contribution < -0.4 is 0 Å². The van der Waals surface area contributed by atoms with E-state index in [1.54, 1.807) is 41.6 Å². The number of thioether (sulfide) groups is 1. The van der Waals surface area contributed by atoms with E-state index in [1.165, 1.54) is 17.8 Å². The van der Waals surface area contributed by atoms with Gasteiger partial charge in [0.1, 0.15) is 11.4 Å². The molecule has 0 aliphatic rings. The van der Waals surface area contributed by atoms with Crippen molar-refractivity contribution in [3.05, 3.63) is 89.7 Å². The standard InChI is InChI=1S/C25H25FN4O2S/c1-29(2)14-15-30(16-18-8-3-5-10-21(18)26)24(31)23-20(17-33-25-27-12-7-13-28-25)19-9-4-6-11-22(19)32-23/h3-13H,14-17H2,1-2H3. The number of likely N-dealkylation sites (N-methyl/N-ethyl adjacent to an activating group) is 1. The van der Waals surface area contributed by atoms with E-state index in [2.05, 4.69) is 9.97 Å². The number of fused-ring (bicyclic) bond motifs is 1. The molecule has 2 aromatic carbocycles. The molecule has 4 rings (SSSR count). The Labute approximate surface area is 196 Å². The SMILES string of the molecule is CN(C)CCN(Cc1ccccc1F)C(=O)c1oc2ccccc2c1CSc1ncccn1. The number of rotatable bonds is 9. The molecule has 8 heteroatoms. The molecule has 0 bridgehead atoms. The summed E-state index contributed by atoms with van der Waals surface area (Å²) in [4.78, 5) is 25.9. The van der Waals surface area contributed by atoms with Crippen molar-refractivity contribution >= 4 is 28.6 Å². The summed E-state index contributed by atoms with van der Waals surface area (Å²) in [6.45, 7) is 1.23. The van der Waals surface area contributed by atoms with Gasteiger partial charge in [-0.3, -0.25) is 4.79 Å². The molecule has 6 nitrogen and oxygen atoms in total. The molecule has 0 radical (unpaired) electrons. The van der Waals surface area contributed by atoms with E-state index in [1.807, 2.05) is 43.3 Å². The number of benzene rings is 2. The van der Waals surface area contributed by atoms with Crippen molar-refractivity contribution in [3.63, 3.8) is 0 Å². The first-order chi connectivity index (χ1) is 16.0. The monoisotopic (exact) mass is 464 g/mol. The molecule has 2 heterocycles. The number of hydrogen-bond donors (Lipinski definition) is 0. The van der Waals surface area contributed by atoms with Crippen LogP contribution in [0.25, 0.3) is 11.0 Å². The van der Waals surface area contributed by atoms with Gasteiger partial charge in [0.2, 0.25) is 0 Å². The molecule has 33 heavy (non-hydrogen) atoms. The van der Waals surface area contributed by atoms with Gasteiger partial charge < -0.3 is 14.2 Å². The highest BCUT2D eigenvalue weighted by Gasteiger charge is 2.26. The predicted octanol–water partition coefficient (Wildman–Crippen LogP) is 4.86. The predicted molar refractivity (Wildman–Crippen MR) is 128 cm³/mol. The molecule has 0 fully saturated rings. The third-order valence-corrected chi connectivity index (χ3v) is 6.11. The molecule has 0 unspecified atom stereocenters. The Morgan fingerprint density at radius 3 is 2.48 bits per heavy atom. The molecule has 0 N–H and O–H groups in total. The largest absolute Gasteiger partial charge is 0.451 e. The lowest BCUT2D eigenvalue weighted by atomic mass is 10.1. The van der Waals surface area contributed by atoms with Crippen LogP contribution >= 0.6 is 11.8 Å². The molecule has 0 aliphatic carbocycles. The van der Waals surface area contributed by atoms with Gasteiger partial charge >= 0.3 is 0 Å². The summed E-state index contributed by atoms with van der Waals surface area (Å²) in [7, 11) is 3.88. The second-order valence-corrected chi connectivity index (χ2v) is 8.79. The lowest BCUT2D eigenvalue weighted by Crippen LogP contribution is -2.36. The normalized spacial score (nSPS) is 11.3. The molecule has 170 valence electrons. The number of hydrogen-bond acceptors (Lipinski definition) is 6. The van der Waals surface area contributed by atoms with Crippen LogP contribution in [0.15, 0.2) is 76.6 Å². The first-order valence-corrected chi connectivity index (χ1v) is 11.6. The van der Waals surface area contributed by atoms with Gasteiger partial charge in [-0.25, -0.2) is 14.4 Å². The number of halogens is 1. The zero-order valence-corrected chi connectivity index (χ0v) is 19.4. The highest BCUT2D eigenvalue weighted by Crippen LogP contribution is 2.32. The first-order valence-electron chi connectivity index (χ1n) is 10.6. The highest BCUT2D eigenvalue weighted by atomic mass is 32.2. The van der Waals surface area contributed by atoms with Crippen LogP contribution in [0.2, 0.25) is 0 Å². The van der Waals surface area contributed by atoms with Crippen molar-refractivity contribution in [2.75, 3.05) is 27.2 Å². The fraction of sp³-hybridized carbons (Fsp3) is 0.240. The summed E-state index contributed by atoms with van der Waals surface area (Å²) in [6.07, 6.45) is 3.37. The lowest BCUT2D eigenvalue weighted by molar-refractivity contribution is 0.0699. The van der Waals surface area contributed by atoms with Gasteiger partial charge in [0.05, 0.1) is 0 Å². The average molecular weight is 465 g/mol. The van der Waals surface area contributed by atoms with Crippen LogP contribution in [0, 0.1) is 5.82 Å². The number of nitrogens with zero attached hydrogens (tertiary/aromatic N) is 4. The maximum atomic E-state index is 14.4. The van der Waals surface area contributed by atoms with Gasteiger partial charge in [-0.05, 0) is 32.3 Å². The van der Waals surface area contributed by atoms with E-state index in [0.29, 0.717) is 35.1 Å². The van der Waals surface area contributed by atoms with Gasteiger partial charge in [-0.1, -0.05) is 48.2 Å². The number of furan rings is 1. The van der Waals surface area contributed by atoms with Crippen molar-refractivity contribution in [2.45, 2.75) is 17.5 Å². The van der Waals surface area contributed by atoms with Crippen molar-refractivity contribution < 1.29 is 13.6 Å². The summed E-state index contributed by atoms with van der Waals surface area (Å²) in [5.74, 6) is 0.154. The van der Waals surface area contributed by atoms with Crippen LogP contribution in [0.3, 0.4) is 0 Å². The molecule has 2 aromatic heterocycles. The van der Waals surface area contributed by atoms with Gasteiger partial charge in [0, 0.05) is 54.3 Å². The maximum Gasteiger partial charge on any atom is 0.290 e. The molecule has 1 amide bonds. The Morgan fingerprint density at radius 2 is 1.73 bits per heavy atom. The molecule has 0 saturated heterocycles. The summed E-state index contributed by atoms with van der Waals surface area (Å²) in [5.41, 5.74) is 1.90. The Morgan fingerprint density at radius 1 is 1.00 bits per heavy atom. The second-order valence-electron chi connectivity index (χ2n) is 7.85. The molecular formula is C25H25FN4O2S. The molecule has 0 atom stereocenters. The number of carbonyl (C=O) groups excluding carboxylic acids is 1. The fourth-order valence-electron chi connectivity index (χ4n) is 3.46. The van der Waals surface area contributed by atoms with Gasteiger partial charge in [-0.15, -0.1) is 0 Å². The van der Waals surface area contributed by atoms with Crippen LogP contribution in [-0.4, -0.2) is 52.9 Å². The summed E-state index contributed by atoms with van der Waals surface area (Å²) < 4.78 is 20.4. The van der Waals surface area contributed by atoms with Crippen LogP contribution in [0.4, 0.5) is 4.39 Å². The molecule has 0 spiro atoms. The third kappa shape index (κ3) is 5.58. The van der Waals surface area contributed by atoms with Crippen molar-refractivity contribution in [2.24, 2.45) is 0 Å². The number of amides is 1. The van der Waals surface area contributed by atoms with Crippen LogP contribution in [-0.2, 0) is 12.3 Å². The second kappa shape index (κ2) is 10.6. The zero-order valence-electron chi connectivity index (χ0n) is 18.6. The summed E-state index contributed by atoms with van der Waals surface area (Å²) >= 11 is 1.44. The summed E-state index contributed by atoms with van der Waals surface area (Å²) in [5, 5.41) is 1.50. The van der Waals surface area contributed by atoms with Gasteiger partial charge in [-0.2, -0.15) is 0 Å². The van der Waals surface area contributed by atoms with E-state index >= 15 is 0 Å². The van der Waals surface area contributed by atoms with Gasteiger partial charge in [0.15, 0.2) is 10.9 Å². The zero-order chi connectivity index (χ0) is 23.2. The van der Waals surface area contributed by atoms with Gasteiger partial charge in [0.25, 0.3) is 5.91 Å². The first kappa shape index (κ1) is 22.9. The molecule has 0 aliphatic heterocycles. The minimum Gasteiger partial charge on any atom is -0.451 e. The van der Waals surface area contributed by atoms with E-state index in [0.717, 1.165) is 10.9 Å². The smallest absolute Gasteiger partial charge is 0.290 e. The molecule has 4 aromatic rings. The number of aromatic nitrogens is 2. The Balaban J connectivity index is 1.67. The topological polar surface area (TPSA) is 62.5 Å². The summed E-state index contributed by atoms with van der Waals surface area (Å²) in [6, 6.07) is 15.9. The van der Waals surface area contributed by atoms with Crippen molar-refractivity contribution in [1.82, 2.24) is 19.8 Å². The number of para-hydroxylation sites is 1. The maximum absolute atomic E-state index is 14.4. The number of carbonyl (C=O) groups is 1. The van der Waals surface area contributed by atoms with Crippen molar-refractivity contribution in [1.29, 1.82) is 0 Å².